The summed E-state index contributed by atoms with van der Waals surface area (Å²) in [6, 6.07) is 1.57. The van der Waals surface area contributed by atoms with Gasteiger partial charge in [0, 0.05) is 18.5 Å². The molecule has 0 radical (unpaired) electrons. The minimum Gasteiger partial charge on any atom is -0.360 e. The summed E-state index contributed by atoms with van der Waals surface area (Å²) in [5.74, 6) is 0.000251. The van der Waals surface area contributed by atoms with Crippen LogP contribution < -0.4 is 10.6 Å². The number of rotatable bonds is 4. The number of nitrogens with zero attached hydrogens (tertiary/aromatic N) is 3. The summed E-state index contributed by atoms with van der Waals surface area (Å²) in [6.45, 7) is 1.51. The number of carbonyl (C=O) groups is 2. The van der Waals surface area contributed by atoms with Gasteiger partial charge in [-0.3, -0.25) is 14.6 Å². The maximum Gasteiger partial charge on any atom is 0.271 e. The van der Waals surface area contributed by atoms with E-state index in [9.17, 15) is 9.59 Å². The van der Waals surface area contributed by atoms with Gasteiger partial charge in [0.05, 0.1) is 12.7 Å². The molecule has 0 aliphatic rings. The topological polar surface area (TPSA) is 110 Å². The summed E-state index contributed by atoms with van der Waals surface area (Å²) in [5, 5.41) is 8.49. The number of aryl methyl sites for hydroxylation is 1. The Bertz CT molecular complexity index is 581. The fourth-order valence-electron chi connectivity index (χ4n) is 1.28. The molecule has 0 saturated carbocycles. The summed E-state index contributed by atoms with van der Waals surface area (Å²) in [4.78, 5) is 30.7. The molecular formula is C11H11N5O3. The first kappa shape index (κ1) is 12.7. The smallest absolute Gasteiger partial charge is 0.271 e. The second kappa shape index (κ2) is 5.71. The molecule has 2 amide bonds. The van der Waals surface area contributed by atoms with Gasteiger partial charge in [-0.2, -0.15) is 0 Å². The Hall–Kier alpha value is -2.77. The van der Waals surface area contributed by atoms with Crippen LogP contribution >= 0.6 is 0 Å². The van der Waals surface area contributed by atoms with Gasteiger partial charge in [0.2, 0.25) is 5.91 Å². The first-order chi connectivity index (χ1) is 9.15. The van der Waals surface area contributed by atoms with Crippen molar-refractivity contribution in [1.29, 1.82) is 0 Å². The van der Waals surface area contributed by atoms with Gasteiger partial charge < -0.3 is 15.2 Å². The van der Waals surface area contributed by atoms with Crippen LogP contribution in [0.2, 0.25) is 0 Å². The summed E-state index contributed by atoms with van der Waals surface area (Å²) in [6.07, 6.45) is 4.16. The Balaban J connectivity index is 1.82. The summed E-state index contributed by atoms with van der Waals surface area (Å²) < 4.78 is 4.79. The maximum absolute atomic E-state index is 11.6. The molecule has 0 aliphatic carbocycles. The van der Waals surface area contributed by atoms with Crippen molar-refractivity contribution in [2.75, 3.05) is 11.9 Å². The van der Waals surface area contributed by atoms with Gasteiger partial charge in [-0.25, -0.2) is 4.98 Å². The van der Waals surface area contributed by atoms with Crippen LogP contribution in [0.4, 0.5) is 5.82 Å². The molecule has 19 heavy (non-hydrogen) atoms. The van der Waals surface area contributed by atoms with Crippen molar-refractivity contribution in [2.45, 2.75) is 6.92 Å². The number of anilines is 1. The number of amides is 2. The first-order valence-corrected chi connectivity index (χ1v) is 5.42. The van der Waals surface area contributed by atoms with E-state index >= 15 is 0 Å². The Morgan fingerprint density at radius 3 is 2.84 bits per heavy atom. The molecule has 0 unspecified atom stereocenters. The van der Waals surface area contributed by atoms with E-state index in [1.165, 1.54) is 18.6 Å². The zero-order chi connectivity index (χ0) is 13.7. The molecule has 0 aromatic carbocycles. The van der Waals surface area contributed by atoms with E-state index in [-0.39, 0.29) is 12.2 Å². The van der Waals surface area contributed by atoms with Gasteiger partial charge in [-0.05, 0) is 6.92 Å². The largest absolute Gasteiger partial charge is 0.360 e. The van der Waals surface area contributed by atoms with Gasteiger partial charge in [0.1, 0.15) is 11.5 Å². The number of carbonyl (C=O) groups excluding carboxylic acids is 2. The molecular weight excluding hydrogens is 250 g/mol. The molecule has 98 valence electrons. The van der Waals surface area contributed by atoms with E-state index < -0.39 is 11.8 Å². The fourth-order valence-corrected chi connectivity index (χ4v) is 1.28. The average molecular weight is 261 g/mol. The maximum atomic E-state index is 11.6. The quantitative estimate of drug-likeness (QED) is 0.810. The molecule has 2 N–H and O–H groups in total. The molecule has 2 heterocycles. The molecule has 0 spiro atoms. The minimum absolute atomic E-state index is 0.146. The molecule has 2 aromatic rings. The van der Waals surface area contributed by atoms with Gasteiger partial charge in [0.15, 0.2) is 5.82 Å². The van der Waals surface area contributed by atoms with Gasteiger partial charge in [-0.1, -0.05) is 5.16 Å². The normalized spacial score (nSPS) is 9.95. The first-order valence-electron chi connectivity index (χ1n) is 5.42. The van der Waals surface area contributed by atoms with E-state index in [2.05, 4.69) is 25.8 Å². The Labute approximate surface area is 108 Å². The number of hydrogen-bond donors (Lipinski definition) is 2. The Morgan fingerprint density at radius 1 is 1.37 bits per heavy atom. The lowest BCUT2D eigenvalue weighted by Crippen LogP contribution is -2.33. The van der Waals surface area contributed by atoms with Crippen molar-refractivity contribution in [3.8, 4) is 0 Å². The zero-order valence-electron chi connectivity index (χ0n) is 10.1. The van der Waals surface area contributed by atoms with Crippen molar-refractivity contribution in [3.63, 3.8) is 0 Å². The van der Waals surface area contributed by atoms with Crippen molar-refractivity contribution < 1.29 is 14.1 Å². The summed E-state index contributed by atoms with van der Waals surface area (Å²) in [5.41, 5.74) is 0.146. The second-order valence-corrected chi connectivity index (χ2v) is 3.64. The molecule has 8 heteroatoms. The third-order valence-electron chi connectivity index (χ3n) is 2.10. The van der Waals surface area contributed by atoms with Crippen molar-refractivity contribution in [1.82, 2.24) is 20.4 Å². The van der Waals surface area contributed by atoms with Crippen LogP contribution in [0, 0.1) is 6.92 Å². The van der Waals surface area contributed by atoms with E-state index in [0.717, 1.165) is 0 Å². The predicted molar refractivity (Wildman–Crippen MR) is 64.2 cm³/mol. The van der Waals surface area contributed by atoms with Crippen LogP contribution in [0.15, 0.2) is 29.2 Å². The molecule has 0 aliphatic heterocycles. The molecule has 0 fully saturated rings. The van der Waals surface area contributed by atoms with Gasteiger partial charge >= 0.3 is 0 Å². The third kappa shape index (κ3) is 3.60. The van der Waals surface area contributed by atoms with E-state index in [1.807, 2.05) is 0 Å². The Kier molecular flexibility index (Phi) is 3.81. The van der Waals surface area contributed by atoms with Gasteiger partial charge in [0.25, 0.3) is 5.91 Å². The van der Waals surface area contributed by atoms with Crippen molar-refractivity contribution in [3.05, 3.63) is 36.1 Å². The summed E-state index contributed by atoms with van der Waals surface area (Å²) in [7, 11) is 0. The average Bonchev–Trinajstić information content (AvgIpc) is 2.82. The monoisotopic (exact) mass is 261 g/mol. The van der Waals surface area contributed by atoms with E-state index in [4.69, 9.17) is 4.52 Å². The summed E-state index contributed by atoms with van der Waals surface area (Å²) >= 11 is 0. The second-order valence-electron chi connectivity index (χ2n) is 3.64. The Morgan fingerprint density at radius 2 is 2.21 bits per heavy atom. The van der Waals surface area contributed by atoms with Crippen LogP contribution in [0.3, 0.4) is 0 Å². The van der Waals surface area contributed by atoms with E-state index in [0.29, 0.717) is 11.6 Å². The molecule has 0 bridgehead atoms. The molecule has 8 nitrogen and oxygen atoms in total. The standard InChI is InChI=1S/C11H11N5O3/c1-7-4-9(16-19-7)15-10(17)6-14-11(18)8-5-12-2-3-13-8/h2-5H,6H2,1H3,(H,14,18)(H,15,16,17). The zero-order valence-corrected chi connectivity index (χ0v) is 10.1. The van der Waals surface area contributed by atoms with Crippen molar-refractivity contribution in [2.24, 2.45) is 0 Å². The lowest BCUT2D eigenvalue weighted by atomic mass is 10.4. The highest BCUT2D eigenvalue weighted by molar-refractivity contribution is 5.97. The third-order valence-corrected chi connectivity index (χ3v) is 2.10. The predicted octanol–water partition coefficient (Wildman–Crippen LogP) is 0.142. The SMILES string of the molecule is Cc1cc(NC(=O)CNC(=O)c2cnccn2)no1. The number of nitrogens with one attached hydrogen (secondary N) is 2. The highest BCUT2D eigenvalue weighted by atomic mass is 16.5. The number of hydrogen-bond acceptors (Lipinski definition) is 6. The van der Waals surface area contributed by atoms with Crippen LogP contribution in [-0.4, -0.2) is 33.5 Å². The fraction of sp³-hybridized carbons (Fsp3) is 0.182. The lowest BCUT2D eigenvalue weighted by molar-refractivity contribution is -0.115. The van der Waals surface area contributed by atoms with Crippen LogP contribution in [0.5, 0.6) is 0 Å². The number of aromatic nitrogens is 3. The highest BCUT2D eigenvalue weighted by Gasteiger charge is 2.10. The van der Waals surface area contributed by atoms with E-state index in [1.54, 1.807) is 13.0 Å². The van der Waals surface area contributed by atoms with Crippen LogP contribution in [0.25, 0.3) is 0 Å². The van der Waals surface area contributed by atoms with Crippen molar-refractivity contribution >= 4 is 17.6 Å². The minimum atomic E-state index is -0.473. The molecule has 0 atom stereocenters. The van der Waals surface area contributed by atoms with Crippen LogP contribution in [-0.2, 0) is 4.79 Å². The molecule has 0 saturated heterocycles. The highest BCUT2D eigenvalue weighted by Crippen LogP contribution is 2.06. The van der Waals surface area contributed by atoms with Gasteiger partial charge in [-0.15, -0.1) is 0 Å². The molecule has 2 aromatic heterocycles. The molecule has 2 rings (SSSR count). The van der Waals surface area contributed by atoms with Crippen LogP contribution in [0.1, 0.15) is 16.2 Å². The lowest BCUT2D eigenvalue weighted by Gasteiger charge is -2.03.